The molecule has 3 heterocycles. The van der Waals surface area contributed by atoms with Crippen molar-refractivity contribution in [1.82, 2.24) is 9.55 Å². The molecule has 4 atom stereocenters. The van der Waals surface area contributed by atoms with E-state index < -0.39 is 43.0 Å². The minimum absolute atomic E-state index is 0.133. The van der Waals surface area contributed by atoms with Gasteiger partial charge in [0.1, 0.15) is 29.4 Å². The highest BCUT2D eigenvalue weighted by Crippen LogP contribution is 2.46. The third-order valence-electron chi connectivity index (χ3n) is 8.54. The topological polar surface area (TPSA) is 142 Å². The number of aromatic amines is 1. The van der Waals surface area contributed by atoms with Crippen LogP contribution in [0.15, 0.2) is 125 Å². The molecular weight excluding hydrogens is 649 g/mol. The van der Waals surface area contributed by atoms with Gasteiger partial charge >= 0.3 is 13.4 Å². The number of methoxy groups -OCH3 is 2. The molecule has 3 aromatic carbocycles. The van der Waals surface area contributed by atoms with Crippen LogP contribution in [0.25, 0.3) is 0 Å². The Morgan fingerprint density at radius 1 is 0.878 bits per heavy atom. The van der Waals surface area contributed by atoms with E-state index in [0.29, 0.717) is 17.1 Å². The van der Waals surface area contributed by atoms with Crippen molar-refractivity contribution < 1.29 is 37.3 Å². The molecule has 0 amide bonds. The molecule has 254 valence electrons. The lowest BCUT2D eigenvalue weighted by atomic mass is 9.79. The van der Waals surface area contributed by atoms with Crippen molar-refractivity contribution in [2.45, 2.75) is 37.4 Å². The predicted molar refractivity (Wildman–Crippen MR) is 180 cm³/mol. The van der Waals surface area contributed by atoms with Crippen molar-refractivity contribution in [3.63, 3.8) is 0 Å². The molecule has 0 spiro atoms. The van der Waals surface area contributed by atoms with Gasteiger partial charge < -0.3 is 18.9 Å². The molecule has 1 aliphatic rings. The maximum Gasteiger partial charge on any atom is 0.610 e. The van der Waals surface area contributed by atoms with Crippen molar-refractivity contribution >= 4 is 7.75 Å². The van der Waals surface area contributed by atoms with Gasteiger partial charge in [0.15, 0.2) is 12.4 Å². The molecule has 6 rings (SSSR count). The summed E-state index contributed by atoms with van der Waals surface area (Å²) in [5.41, 5.74) is 0.205. The van der Waals surface area contributed by atoms with Gasteiger partial charge in [0.05, 0.1) is 26.9 Å². The van der Waals surface area contributed by atoms with Crippen LogP contribution in [-0.4, -0.2) is 47.5 Å². The fourth-order valence-corrected chi connectivity index (χ4v) is 6.96. The van der Waals surface area contributed by atoms with Crippen molar-refractivity contribution in [2.75, 3.05) is 20.8 Å². The summed E-state index contributed by atoms with van der Waals surface area (Å²) >= 11 is 0. The first-order valence-electron chi connectivity index (χ1n) is 15.6. The number of pyridine rings is 1. The van der Waals surface area contributed by atoms with Crippen LogP contribution in [0.5, 0.6) is 11.5 Å². The lowest BCUT2D eigenvalue weighted by Gasteiger charge is -2.39. The first-order chi connectivity index (χ1) is 23.6. The minimum atomic E-state index is -4.35. The molecule has 5 aromatic rings. The number of nitrogens with one attached hydrogen (secondary N) is 1. The van der Waals surface area contributed by atoms with Crippen molar-refractivity contribution in [3.05, 3.63) is 159 Å². The largest absolute Gasteiger partial charge is 0.610 e. The number of hydrogen-bond acceptors (Lipinski definition) is 8. The minimum Gasteiger partial charge on any atom is -0.497 e. The van der Waals surface area contributed by atoms with Crippen LogP contribution in [-0.2, 0) is 24.2 Å². The Balaban J connectivity index is 1.48. The van der Waals surface area contributed by atoms with Gasteiger partial charge in [-0.05, 0) is 47.9 Å². The van der Waals surface area contributed by atoms with E-state index in [1.165, 1.54) is 23.2 Å². The highest BCUT2D eigenvalue weighted by atomic mass is 31.2. The van der Waals surface area contributed by atoms with Gasteiger partial charge in [-0.2, -0.15) is 4.57 Å². The van der Waals surface area contributed by atoms with E-state index in [0.717, 1.165) is 21.0 Å². The van der Waals surface area contributed by atoms with Gasteiger partial charge in [-0.3, -0.25) is 23.8 Å². The molecule has 2 N–H and O–H groups in total. The first kappa shape index (κ1) is 34.0. The standard InChI is InChI=1S/C36H36N3O9P/c1-25-23-39(35(41)37-34(25)40)33-22-31(32(47-33)24-46-49(42,43)38-20-8-5-9-21-38)48-36(26-10-6-4-7-11-26,27-12-16-29(44-2)17-13-27)28-14-18-30(45-3)19-15-28/h4-21,23,31-33H,22,24H2,1-3H3,(H-,37,40,41,42,43)/p+1/t31-,32+,33+/m0/s1. The van der Waals surface area contributed by atoms with E-state index in [4.69, 9.17) is 23.5 Å². The second kappa shape index (κ2) is 14.3. The summed E-state index contributed by atoms with van der Waals surface area (Å²) < 4.78 is 46.0. The number of aryl methyl sites for hydroxylation is 1. The second-order valence-electron chi connectivity index (χ2n) is 11.5. The molecule has 2 aromatic heterocycles. The quantitative estimate of drug-likeness (QED) is 0.144. The summed E-state index contributed by atoms with van der Waals surface area (Å²) in [6.45, 7) is 1.23. The summed E-state index contributed by atoms with van der Waals surface area (Å²) in [6.07, 6.45) is 1.79. The van der Waals surface area contributed by atoms with Crippen LogP contribution in [0.3, 0.4) is 0 Å². The molecule has 0 radical (unpaired) electrons. The number of nitrogens with zero attached hydrogens (tertiary/aromatic N) is 2. The Morgan fingerprint density at radius 3 is 2.00 bits per heavy atom. The fraction of sp³-hybridized carbons (Fsp3) is 0.250. The number of aromatic nitrogens is 3. The smallest absolute Gasteiger partial charge is 0.497 e. The van der Waals surface area contributed by atoms with Crippen LogP contribution >= 0.6 is 7.75 Å². The fourth-order valence-electron chi connectivity index (χ4n) is 6.00. The third-order valence-corrected chi connectivity index (χ3v) is 9.87. The van der Waals surface area contributed by atoms with Crippen molar-refractivity contribution in [2.24, 2.45) is 0 Å². The van der Waals surface area contributed by atoms with Crippen molar-refractivity contribution in [1.29, 1.82) is 0 Å². The molecular formula is C36H37N3O9P+. The maximum atomic E-state index is 13.3. The Hall–Kier alpha value is -4.84. The highest BCUT2D eigenvalue weighted by molar-refractivity contribution is 7.45. The van der Waals surface area contributed by atoms with E-state index in [-0.39, 0.29) is 13.0 Å². The highest BCUT2D eigenvalue weighted by Gasteiger charge is 2.47. The van der Waals surface area contributed by atoms with Crippen LogP contribution in [0.1, 0.15) is 34.9 Å². The zero-order valence-electron chi connectivity index (χ0n) is 27.2. The van der Waals surface area contributed by atoms with Gasteiger partial charge in [-0.1, -0.05) is 60.7 Å². The van der Waals surface area contributed by atoms with Crippen LogP contribution in [0.2, 0.25) is 0 Å². The molecule has 0 saturated carbocycles. The second-order valence-corrected chi connectivity index (χ2v) is 13.2. The summed E-state index contributed by atoms with van der Waals surface area (Å²) in [5, 5.41) is 0. The average molecular weight is 687 g/mol. The Kier molecular flexibility index (Phi) is 9.96. The van der Waals surface area contributed by atoms with Gasteiger partial charge in [-0.15, -0.1) is 4.34 Å². The molecule has 1 saturated heterocycles. The molecule has 12 nitrogen and oxygen atoms in total. The van der Waals surface area contributed by atoms with Gasteiger partial charge in [0, 0.05) is 30.3 Å². The molecule has 0 aliphatic carbocycles. The maximum absolute atomic E-state index is 13.3. The van der Waals surface area contributed by atoms with Crippen LogP contribution in [0.4, 0.5) is 0 Å². The molecule has 0 bridgehead atoms. The average Bonchev–Trinajstić information content (AvgIpc) is 3.54. The zero-order valence-corrected chi connectivity index (χ0v) is 28.1. The zero-order chi connectivity index (χ0) is 34.6. The Labute approximate surface area is 282 Å². The van der Waals surface area contributed by atoms with E-state index in [2.05, 4.69) is 4.98 Å². The molecule has 49 heavy (non-hydrogen) atoms. The number of benzene rings is 3. The van der Waals surface area contributed by atoms with E-state index in [9.17, 15) is 19.0 Å². The normalized spacial score (nSPS) is 18.9. The Morgan fingerprint density at radius 2 is 1.43 bits per heavy atom. The summed E-state index contributed by atoms with van der Waals surface area (Å²) in [7, 11) is -1.16. The van der Waals surface area contributed by atoms with E-state index in [1.54, 1.807) is 39.3 Å². The van der Waals surface area contributed by atoms with Gasteiger partial charge in [0.2, 0.25) is 0 Å². The van der Waals surface area contributed by atoms with Gasteiger partial charge in [-0.25, -0.2) is 4.79 Å². The summed E-state index contributed by atoms with van der Waals surface area (Å²) in [6, 6.07) is 29.6. The lowest BCUT2D eigenvalue weighted by Crippen LogP contribution is -2.41. The first-order valence-corrected chi connectivity index (χ1v) is 17.1. The summed E-state index contributed by atoms with van der Waals surface area (Å²) in [5.74, 6) is 1.31. The van der Waals surface area contributed by atoms with Gasteiger partial charge in [0.25, 0.3) is 5.56 Å². The summed E-state index contributed by atoms with van der Waals surface area (Å²) in [4.78, 5) is 38.4. The monoisotopic (exact) mass is 686 g/mol. The number of hydrogen-bond donors (Lipinski definition) is 2. The molecule has 1 fully saturated rings. The molecule has 1 aliphatic heterocycles. The van der Waals surface area contributed by atoms with E-state index in [1.807, 2.05) is 78.9 Å². The van der Waals surface area contributed by atoms with Crippen molar-refractivity contribution in [3.8, 4) is 11.5 Å². The molecule has 13 heteroatoms. The molecule has 1 unspecified atom stereocenters. The lowest BCUT2D eigenvalue weighted by molar-refractivity contribution is -0.540. The Bertz CT molecular complexity index is 1990. The van der Waals surface area contributed by atoms with Crippen LogP contribution < -0.4 is 25.1 Å². The predicted octanol–water partition coefficient (Wildman–Crippen LogP) is 4.48. The number of ether oxygens (including phenoxy) is 4. The third kappa shape index (κ3) is 7.01. The van der Waals surface area contributed by atoms with E-state index >= 15 is 0 Å². The number of H-pyrrole nitrogens is 1. The number of rotatable bonds is 12. The SMILES string of the molecule is COc1ccc(C(O[C@H]2C[C@H](n3cc(C)c(=O)[nH]c3=O)O[C@@H]2COP(=O)(O)[n+]2ccccc2)(c2ccccc2)c2ccc(OC)cc2)cc1. The van der Waals surface area contributed by atoms with Crippen LogP contribution in [0, 0.1) is 6.92 Å².